The van der Waals surface area contributed by atoms with Gasteiger partial charge < -0.3 is 9.47 Å². The fourth-order valence-electron chi connectivity index (χ4n) is 2.89. The summed E-state index contributed by atoms with van der Waals surface area (Å²) in [4.78, 5) is 0.258. The van der Waals surface area contributed by atoms with Gasteiger partial charge >= 0.3 is 0 Å². The van der Waals surface area contributed by atoms with Crippen molar-refractivity contribution >= 4 is 9.84 Å². The van der Waals surface area contributed by atoms with Gasteiger partial charge in [-0.3, -0.25) is 0 Å². The SMILES string of the molecule is COc1cc(-c2ccccc2-c2ccc(S(C)(=O)=O)cc2)cc(OC)c1F. The molecular weight excluding hydrogens is 367 g/mol. The summed E-state index contributed by atoms with van der Waals surface area (Å²) < 4.78 is 47.9. The fourth-order valence-corrected chi connectivity index (χ4v) is 3.52. The number of sulfone groups is 1. The number of ether oxygens (including phenoxy) is 2. The lowest BCUT2D eigenvalue weighted by Crippen LogP contribution is -1.97. The lowest BCUT2D eigenvalue weighted by atomic mass is 9.94. The maximum Gasteiger partial charge on any atom is 0.206 e. The summed E-state index contributed by atoms with van der Waals surface area (Å²) in [5.41, 5.74) is 3.31. The fraction of sp³-hybridized carbons (Fsp3) is 0.143. The number of benzene rings is 3. The predicted octanol–water partition coefficient (Wildman–Crippen LogP) is 4.58. The highest BCUT2D eigenvalue weighted by atomic mass is 32.2. The molecule has 3 aromatic rings. The Labute approximate surface area is 158 Å². The first-order chi connectivity index (χ1) is 12.8. The Bertz CT molecular complexity index is 1050. The Morgan fingerprint density at radius 2 is 1.26 bits per heavy atom. The second-order valence-corrected chi connectivity index (χ2v) is 8.05. The van der Waals surface area contributed by atoms with E-state index < -0.39 is 15.7 Å². The predicted molar refractivity (Wildman–Crippen MR) is 103 cm³/mol. The Morgan fingerprint density at radius 1 is 0.778 bits per heavy atom. The zero-order valence-corrected chi connectivity index (χ0v) is 16.0. The molecule has 0 N–H and O–H groups in total. The van der Waals surface area contributed by atoms with Crippen LogP contribution in [0.3, 0.4) is 0 Å². The van der Waals surface area contributed by atoms with E-state index in [1.165, 1.54) is 20.5 Å². The summed E-state index contributed by atoms with van der Waals surface area (Å²) >= 11 is 0. The molecule has 0 bridgehead atoms. The van der Waals surface area contributed by atoms with Crippen LogP contribution in [0.4, 0.5) is 4.39 Å². The Kier molecular flexibility index (Phi) is 5.19. The minimum absolute atomic E-state index is 0.0894. The first-order valence-electron chi connectivity index (χ1n) is 8.16. The van der Waals surface area contributed by atoms with E-state index in [9.17, 15) is 12.8 Å². The average molecular weight is 386 g/mol. The van der Waals surface area contributed by atoms with E-state index in [1.807, 2.05) is 24.3 Å². The third-order valence-electron chi connectivity index (χ3n) is 4.28. The first kappa shape index (κ1) is 18.9. The van der Waals surface area contributed by atoms with Crippen molar-refractivity contribution in [1.82, 2.24) is 0 Å². The van der Waals surface area contributed by atoms with Crippen molar-refractivity contribution in [2.45, 2.75) is 4.90 Å². The van der Waals surface area contributed by atoms with Crippen LogP contribution in [0.15, 0.2) is 65.6 Å². The average Bonchev–Trinajstić information content (AvgIpc) is 2.67. The highest BCUT2D eigenvalue weighted by Gasteiger charge is 2.16. The number of hydrogen-bond donors (Lipinski definition) is 0. The molecule has 0 atom stereocenters. The van der Waals surface area contributed by atoms with Crippen molar-refractivity contribution in [3.05, 3.63) is 66.5 Å². The van der Waals surface area contributed by atoms with Crippen LogP contribution in [0.2, 0.25) is 0 Å². The molecular formula is C21H19FO4S. The number of methoxy groups -OCH3 is 2. The number of halogens is 1. The molecule has 0 saturated heterocycles. The minimum Gasteiger partial charge on any atom is -0.494 e. The van der Waals surface area contributed by atoms with E-state index >= 15 is 0 Å². The van der Waals surface area contributed by atoms with Gasteiger partial charge in [-0.25, -0.2) is 8.42 Å². The largest absolute Gasteiger partial charge is 0.494 e. The van der Waals surface area contributed by atoms with Gasteiger partial charge in [-0.05, 0) is 46.5 Å². The molecule has 0 fully saturated rings. The standard InChI is InChI=1S/C21H19FO4S/c1-25-19-12-15(13-20(26-2)21(19)22)18-7-5-4-6-17(18)14-8-10-16(11-9-14)27(3,23)24/h4-13H,1-3H3. The van der Waals surface area contributed by atoms with E-state index in [0.29, 0.717) is 0 Å². The van der Waals surface area contributed by atoms with Gasteiger partial charge in [0.05, 0.1) is 19.1 Å². The maximum absolute atomic E-state index is 14.2. The maximum atomic E-state index is 14.2. The van der Waals surface area contributed by atoms with Crippen LogP contribution < -0.4 is 9.47 Å². The van der Waals surface area contributed by atoms with Gasteiger partial charge in [0.25, 0.3) is 0 Å². The third-order valence-corrected chi connectivity index (χ3v) is 5.41. The molecule has 0 radical (unpaired) electrons. The van der Waals surface area contributed by atoms with Crippen LogP contribution in [0.25, 0.3) is 22.3 Å². The van der Waals surface area contributed by atoms with Gasteiger partial charge in [0.2, 0.25) is 5.82 Å². The monoisotopic (exact) mass is 386 g/mol. The molecule has 0 aliphatic heterocycles. The highest BCUT2D eigenvalue weighted by Crippen LogP contribution is 2.38. The number of hydrogen-bond acceptors (Lipinski definition) is 4. The third kappa shape index (κ3) is 3.80. The topological polar surface area (TPSA) is 52.6 Å². The molecule has 3 aromatic carbocycles. The summed E-state index contributed by atoms with van der Waals surface area (Å²) in [6, 6.07) is 17.5. The molecule has 0 amide bonds. The summed E-state index contributed by atoms with van der Waals surface area (Å²) in [5.74, 6) is -0.378. The van der Waals surface area contributed by atoms with Crippen molar-refractivity contribution in [2.75, 3.05) is 20.5 Å². The zero-order chi connectivity index (χ0) is 19.6. The minimum atomic E-state index is -3.26. The smallest absolute Gasteiger partial charge is 0.206 e. The van der Waals surface area contributed by atoms with Crippen LogP contribution in [-0.4, -0.2) is 28.9 Å². The van der Waals surface area contributed by atoms with Crippen molar-refractivity contribution in [3.63, 3.8) is 0 Å². The summed E-state index contributed by atoms with van der Waals surface area (Å²) in [5, 5.41) is 0. The van der Waals surface area contributed by atoms with Crippen LogP contribution in [0.5, 0.6) is 11.5 Å². The van der Waals surface area contributed by atoms with Gasteiger partial charge in [0.15, 0.2) is 21.3 Å². The Morgan fingerprint density at radius 3 is 1.70 bits per heavy atom. The lowest BCUT2D eigenvalue weighted by molar-refractivity contribution is 0.351. The van der Waals surface area contributed by atoms with Gasteiger partial charge in [0.1, 0.15) is 0 Å². The van der Waals surface area contributed by atoms with Crippen LogP contribution in [0, 0.1) is 5.82 Å². The van der Waals surface area contributed by atoms with Crippen LogP contribution >= 0.6 is 0 Å². The molecule has 0 saturated carbocycles. The summed E-state index contributed by atoms with van der Waals surface area (Å²) in [6.45, 7) is 0. The Hall–Kier alpha value is -2.86. The van der Waals surface area contributed by atoms with E-state index in [2.05, 4.69) is 0 Å². The van der Waals surface area contributed by atoms with E-state index in [-0.39, 0.29) is 16.4 Å². The van der Waals surface area contributed by atoms with Gasteiger partial charge in [-0.15, -0.1) is 0 Å². The molecule has 0 heterocycles. The number of rotatable bonds is 5. The normalized spacial score (nSPS) is 11.3. The van der Waals surface area contributed by atoms with Crippen LogP contribution in [0.1, 0.15) is 0 Å². The van der Waals surface area contributed by atoms with E-state index in [1.54, 1.807) is 36.4 Å². The molecule has 0 aliphatic rings. The van der Waals surface area contributed by atoms with Crippen molar-refractivity contribution in [3.8, 4) is 33.8 Å². The van der Waals surface area contributed by atoms with Crippen molar-refractivity contribution < 1.29 is 22.3 Å². The molecule has 0 aromatic heterocycles. The van der Waals surface area contributed by atoms with E-state index in [4.69, 9.17) is 9.47 Å². The zero-order valence-electron chi connectivity index (χ0n) is 15.2. The quantitative estimate of drug-likeness (QED) is 0.644. The summed E-state index contributed by atoms with van der Waals surface area (Å²) in [6.07, 6.45) is 1.17. The second kappa shape index (κ2) is 7.40. The Balaban J connectivity index is 2.15. The molecule has 140 valence electrons. The molecule has 3 rings (SSSR count). The van der Waals surface area contributed by atoms with Gasteiger partial charge in [0, 0.05) is 6.26 Å². The van der Waals surface area contributed by atoms with Gasteiger partial charge in [-0.2, -0.15) is 4.39 Å². The van der Waals surface area contributed by atoms with Crippen LogP contribution in [-0.2, 0) is 9.84 Å². The van der Waals surface area contributed by atoms with Gasteiger partial charge in [-0.1, -0.05) is 36.4 Å². The molecule has 6 heteroatoms. The lowest BCUT2D eigenvalue weighted by Gasteiger charge is -2.14. The molecule has 0 spiro atoms. The molecule has 0 aliphatic carbocycles. The highest BCUT2D eigenvalue weighted by molar-refractivity contribution is 7.90. The summed E-state index contributed by atoms with van der Waals surface area (Å²) in [7, 11) is -0.461. The molecule has 27 heavy (non-hydrogen) atoms. The molecule has 0 unspecified atom stereocenters. The van der Waals surface area contributed by atoms with Crippen molar-refractivity contribution in [1.29, 1.82) is 0 Å². The van der Waals surface area contributed by atoms with Crippen molar-refractivity contribution in [2.24, 2.45) is 0 Å². The second-order valence-electron chi connectivity index (χ2n) is 6.04. The first-order valence-corrected chi connectivity index (χ1v) is 10.1. The molecule has 4 nitrogen and oxygen atoms in total. The van der Waals surface area contributed by atoms with E-state index in [0.717, 1.165) is 22.3 Å².